The van der Waals surface area contributed by atoms with Crippen molar-refractivity contribution in [2.45, 2.75) is 69.6 Å². The summed E-state index contributed by atoms with van der Waals surface area (Å²) in [5.41, 5.74) is -1.08. The van der Waals surface area contributed by atoms with Crippen molar-refractivity contribution in [3.63, 3.8) is 0 Å². The molecule has 2 bridgehead atoms. The number of hydrogen-bond donors (Lipinski definition) is 4. The third-order valence-electron chi connectivity index (χ3n) is 8.19. The number of H-pyrrole nitrogens is 1. The van der Waals surface area contributed by atoms with Gasteiger partial charge < -0.3 is 24.0 Å². The Morgan fingerprint density at radius 1 is 1.25 bits per heavy atom. The van der Waals surface area contributed by atoms with Crippen LogP contribution in [0.1, 0.15) is 32.9 Å². The number of anilines is 2. The van der Waals surface area contributed by atoms with Gasteiger partial charge in [0.2, 0.25) is 11.9 Å². The highest BCUT2D eigenvalue weighted by Gasteiger charge is 2.53. The predicted octanol–water partition coefficient (Wildman–Crippen LogP) is 2.65. The average Bonchev–Trinajstić information content (AvgIpc) is 3.73. The fourth-order valence-electron chi connectivity index (χ4n) is 5.68. The number of aromatic nitrogens is 6. The van der Waals surface area contributed by atoms with Gasteiger partial charge in [0.05, 0.1) is 44.7 Å². The third-order valence-corrected chi connectivity index (χ3v) is 11.5. The molecule has 6 rings (SSSR count). The van der Waals surface area contributed by atoms with Crippen LogP contribution in [0.2, 0.25) is 0 Å². The Morgan fingerprint density at radius 3 is 2.78 bits per heavy atom. The number of nitriles is 1. The Bertz CT molecular complexity index is 1940. The molecule has 2 saturated heterocycles. The van der Waals surface area contributed by atoms with Gasteiger partial charge in [0.15, 0.2) is 23.6 Å². The van der Waals surface area contributed by atoms with E-state index in [4.69, 9.17) is 44.4 Å². The van der Waals surface area contributed by atoms with Crippen molar-refractivity contribution in [2.24, 2.45) is 11.8 Å². The molecule has 1 amide bonds. The maximum atomic E-state index is 16.3. The molecule has 2 aliphatic heterocycles. The van der Waals surface area contributed by atoms with Crippen LogP contribution in [-0.4, -0.2) is 96.8 Å². The van der Waals surface area contributed by atoms with Crippen LogP contribution in [0.3, 0.4) is 0 Å². The molecule has 51 heavy (non-hydrogen) atoms. The van der Waals surface area contributed by atoms with Gasteiger partial charge in [-0.2, -0.15) is 10.2 Å². The number of amides is 1. The molecule has 3 aliphatic rings. The SMILES string of the molecule is CC(C)C(=O)Nc1nc2c(ncn2[C@@H]2O[C@@H]3COP(=O)(O)O[C@@H]4[C@@H](CO[P@](=S)(OCCC#N)O[C@@H]2[C@@H]3F)C[C@@H](Nc2ccncn2)[C@@H]4F)c(=O)[nH]1. The molecule has 3 fully saturated rings. The summed E-state index contributed by atoms with van der Waals surface area (Å²) < 4.78 is 80.7. The molecule has 19 nitrogen and oxygen atoms in total. The van der Waals surface area contributed by atoms with E-state index in [1.807, 2.05) is 6.07 Å². The first-order chi connectivity index (χ1) is 24.3. The molecule has 10 atom stereocenters. The summed E-state index contributed by atoms with van der Waals surface area (Å²) in [6, 6.07) is 2.43. The van der Waals surface area contributed by atoms with Gasteiger partial charge in [0, 0.05) is 18.0 Å². The number of nitrogens with one attached hydrogen (secondary N) is 3. The second-order valence-electron chi connectivity index (χ2n) is 12.1. The molecular formula is C27H33F2N9O10P2S. The zero-order valence-corrected chi connectivity index (χ0v) is 29.5. The number of hydrogen-bond acceptors (Lipinski definition) is 16. The summed E-state index contributed by atoms with van der Waals surface area (Å²) >= 11 is 5.67. The molecule has 1 unspecified atom stereocenters. The van der Waals surface area contributed by atoms with Crippen molar-refractivity contribution in [3.8, 4) is 6.07 Å². The van der Waals surface area contributed by atoms with Gasteiger partial charge in [-0.25, -0.2) is 28.3 Å². The number of imidazole rings is 1. The number of halogens is 2. The van der Waals surface area contributed by atoms with Crippen molar-refractivity contribution >= 4 is 55.2 Å². The van der Waals surface area contributed by atoms with E-state index < -0.39 is 94.0 Å². The van der Waals surface area contributed by atoms with Crippen LogP contribution in [0, 0.1) is 23.2 Å². The fraction of sp³-hybridized carbons (Fsp3) is 0.593. The topological polar surface area (TPSA) is 247 Å². The number of phosphoric ester groups is 1. The standard InChI is InChI=1S/C27H33F2N9O10P2S/c1-13(2)24(39)36-27-35-23-20(25(40)37-27)33-12-38(23)26-22-19(29)16(46-26)10-44-49(41,42)47-21-14(9-45-50(51,48-22)43-7-3-5-30)8-15(18(21)28)34-17-4-6-31-11-32-17/h4,6,11-16,18-19,21-22,26H,3,7-10H2,1-2H3,(H,41,42)(H,31,32,34)(H2,35,36,37,39,40)/t14-,15-,16-,18+,19-,21-,22-,26-,50-/m1/s1. The molecule has 1 aliphatic carbocycles. The van der Waals surface area contributed by atoms with E-state index in [0.29, 0.717) is 0 Å². The molecule has 3 aromatic rings. The Labute approximate surface area is 293 Å². The van der Waals surface area contributed by atoms with E-state index >= 15 is 8.78 Å². The Balaban J connectivity index is 1.34. The summed E-state index contributed by atoms with van der Waals surface area (Å²) in [6.45, 7) is -2.37. The van der Waals surface area contributed by atoms with E-state index in [0.717, 1.165) is 10.9 Å². The van der Waals surface area contributed by atoms with Gasteiger partial charge in [0.1, 0.15) is 36.6 Å². The zero-order valence-electron chi connectivity index (χ0n) is 26.9. The first-order valence-electron chi connectivity index (χ1n) is 15.6. The third kappa shape index (κ3) is 8.33. The Morgan fingerprint density at radius 2 is 2.06 bits per heavy atom. The predicted molar refractivity (Wildman–Crippen MR) is 175 cm³/mol. The smallest absolute Gasteiger partial charge is 0.364 e. The second kappa shape index (κ2) is 15.3. The number of phosphoric acid groups is 1. The molecule has 4 N–H and O–H groups in total. The number of nitrogens with zero attached hydrogens (tertiary/aromatic N) is 6. The second-order valence-corrected chi connectivity index (χ2v) is 16.4. The van der Waals surface area contributed by atoms with Crippen LogP contribution < -0.4 is 16.2 Å². The molecule has 0 radical (unpaired) electrons. The first kappa shape index (κ1) is 37.4. The molecule has 1 saturated carbocycles. The number of rotatable bonds is 8. The van der Waals surface area contributed by atoms with Gasteiger partial charge in [-0.15, -0.1) is 0 Å². The summed E-state index contributed by atoms with van der Waals surface area (Å²) in [4.78, 5) is 54.5. The van der Waals surface area contributed by atoms with E-state index in [1.54, 1.807) is 13.8 Å². The van der Waals surface area contributed by atoms with Crippen LogP contribution in [0.15, 0.2) is 29.7 Å². The molecule has 5 heterocycles. The lowest BCUT2D eigenvalue weighted by atomic mass is 10.1. The van der Waals surface area contributed by atoms with Gasteiger partial charge in [0.25, 0.3) is 5.56 Å². The lowest BCUT2D eigenvalue weighted by Gasteiger charge is -2.30. The van der Waals surface area contributed by atoms with Crippen molar-refractivity contribution in [2.75, 3.05) is 30.5 Å². The van der Waals surface area contributed by atoms with Gasteiger partial charge >= 0.3 is 14.5 Å². The maximum Gasteiger partial charge on any atom is 0.472 e. The molecular weight excluding hydrogens is 742 g/mol. The monoisotopic (exact) mass is 775 g/mol. The van der Waals surface area contributed by atoms with E-state index in [9.17, 15) is 19.0 Å². The van der Waals surface area contributed by atoms with Gasteiger partial charge in [-0.3, -0.25) is 38.0 Å². The van der Waals surface area contributed by atoms with Gasteiger partial charge in [-0.1, -0.05) is 13.8 Å². The van der Waals surface area contributed by atoms with E-state index in [2.05, 4.69) is 35.6 Å². The van der Waals surface area contributed by atoms with Crippen LogP contribution in [0.25, 0.3) is 11.2 Å². The Kier molecular flexibility index (Phi) is 11.2. The molecule has 0 aromatic carbocycles. The van der Waals surface area contributed by atoms with Crippen LogP contribution in [0.4, 0.5) is 20.5 Å². The lowest BCUT2D eigenvalue weighted by molar-refractivity contribution is -0.118. The summed E-state index contributed by atoms with van der Waals surface area (Å²) in [6.07, 6.45) is -6.76. The number of aromatic amines is 1. The van der Waals surface area contributed by atoms with Gasteiger partial charge in [-0.05, 0) is 24.3 Å². The fourth-order valence-corrected chi connectivity index (χ4v) is 8.78. The quantitative estimate of drug-likeness (QED) is 0.190. The minimum atomic E-state index is -5.07. The average molecular weight is 776 g/mol. The van der Waals surface area contributed by atoms with Crippen molar-refractivity contribution < 1.29 is 50.4 Å². The molecule has 24 heteroatoms. The largest absolute Gasteiger partial charge is 0.472 e. The molecule has 0 spiro atoms. The summed E-state index contributed by atoms with van der Waals surface area (Å²) in [7, 11) is -5.07. The maximum absolute atomic E-state index is 16.3. The summed E-state index contributed by atoms with van der Waals surface area (Å²) in [5.74, 6) is -1.78. The zero-order chi connectivity index (χ0) is 36.5. The number of carbonyl (C=O) groups excluding carboxylic acids is 1. The molecule has 276 valence electrons. The number of fused-ring (bicyclic) bond motifs is 4. The number of alkyl halides is 2. The highest BCUT2D eigenvalue weighted by atomic mass is 32.5. The van der Waals surface area contributed by atoms with Crippen LogP contribution >= 0.6 is 14.5 Å². The summed E-state index contributed by atoms with van der Waals surface area (Å²) in [5, 5.41) is 14.5. The normalized spacial score (nSPS) is 34.2. The van der Waals surface area contributed by atoms with Crippen molar-refractivity contribution in [3.05, 3.63) is 35.3 Å². The Hall–Kier alpha value is -3.35. The highest BCUT2D eigenvalue weighted by Crippen LogP contribution is 2.57. The minimum Gasteiger partial charge on any atom is -0.364 e. The van der Waals surface area contributed by atoms with Crippen LogP contribution in [-0.2, 0) is 48.5 Å². The highest BCUT2D eigenvalue weighted by molar-refractivity contribution is 8.07. The van der Waals surface area contributed by atoms with Crippen LogP contribution in [0.5, 0.6) is 0 Å². The molecule has 3 aromatic heterocycles. The number of ether oxygens (including phenoxy) is 1. The van der Waals surface area contributed by atoms with E-state index in [1.165, 1.54) is 18.6 Å². The van der Waals surface area contributed by atoms with Crippen molar-refractivity contribution in [1.82, 2.24) is 29.5 Å². The number of carbonyl (C=O) groups is 1. The lowest BCUT2D eigenvalue weighted by Crippen LogP contribution is -2.34. The minimum absolute atomic E-state index is 0.0101. The first-order valence-corrected chi connectivity index (χ1v) is 19.7. The van der Waals surface area contributed by atoms with Crippen molar-refractivity contribution in [1.29, 1.82) is 5.26 Å². The van der Waals surface area contributed by atoms with E-state index in [-0.39, 0.29) is 42.4 Å².